The SMILES string of the molecule is CCOc1cccc(NC2=C(c3ccccc3)C(=O)N(c3ccc(F)cc3)C2=O)c1. The lowest BCUT2D eigenvalue weighted by atomic mass is 10.0. The molecule has 1 aliphatic heterocycles. The Labute approximate surface area is 173 Å². The summed E-state index contributed by atoms with van der Waals surface area (Å²) in [6.45, 7) is 2.40. The zero-order valence-corrected chi connectivity index (χ0v) is 16.3. The van der Waals surface area contributed by atoms with Crippen molar-refractivity contribution in [2.24, 2.45) is 0 Å². The summed E-state index contributed by atoms with van der Waals surface area (Å²) in [5.41, 5.74) is 1.95. The molecule has 0 saturated heterocycles. The molecule has 0 atom stereocenters. The monoisotopic (exact) mass is 402 g/mol. The number of anilines is 2. The fourth-order valence-electron chi connectivity index (χ4n) is 3.32. The molecule has 4 rings (SSSR count). The van der Waals surface area contributed by atoms with Gasteiger partial charge in [0.05, 0.1) is 17.9 Å². The van der Waals surface area contributed by atoms with Crippen molar-refractivity contribution < 1.29 is 18.7 Å². The highest BCUT2D eigenvalue weighted by atomic mass is 19.1. The van der Waals surface area contributed by atoms with Crippen LogP contribution in [0.15, 0.2) is 84.6 Å². The maximum atomic E-state index is 13.4. The number of hydrogen-bond acceptors (Lipinski definition) is 4. The molecule has 3 aromatic carbocycles. The Balaban J connectivity index is 1.77. The number of carbonyl (C=O) groups excluding carboxylic acids is 2. The molecule has 1 aliphatic rings. The number of hydrogen-bond donors (Lipinski definition) is 1. The van der Waals surface area contributed by atoms with Crippen LogP contribution in [-0.2, 0) is 9.59 Å². The summed E-state index contributed by atoms with van der Waals surface area (Å²) in [6, 6.07) is 21.4. The molecule has 0 saturated carbocycles. The van der Waals surface area contributed by atoms with Gasteiger partial charge in [-0.1, -0.05) is 36.4 Å². The van der Waals surface area contributed by atoms with Crippen LogP contribution in [0.25, 0.3) is 5.57 Å². The van der Waals surface area contributed by atoms with Crippen molar-refractivity contribution in [2.75, 3.05) is 16.8 Å². The van der Waals surface area contributed by atoms with E-state index in [1.165, 1.54) is 24.3 Å². The Morgan fingerprint density at radius 2 is 1.63 bits per heavy atom. The minimum Gasteiger partial charge on any atom is -0.494 e. The molecule has 0 fully saturated rings. The van der Waals surface area contributed by atoms with Crippen molar-refractivity contribution in [3.8, 4) is 5.75 Å². The maximum absolute atomic E-state index is 13.4. The van der Waals surface area contributed by atoms with Gasteiger partial charge in [0, 0.05) is 11.8 Å². The van der Waals surface area contributed by atoms with Gasteiger partial charge in [-0.25, -0.2) is 9.29 Å². The average Bonchev–Trinajstić information content (AvgIpc) is 2.99. The molecule has 1 N–H and O–H groups in total. The number of carbonyl (C=O) groups is 2. The lowest BCUT2D eigenvalue weighted by Crippen LogP contribution is -2.32. The molecule has 0 aromatic heterocycles. The number of imide groups is 1. The van der Waals surface area contributed by atoms with Crippen molar-refractivity contribution in [1.29, 1.82) is 0 Å². The Bertz CT molecular complexity index is 1120. The van der Waals surface area contributed by atoms with Crippen molar-refractivity contribution in [2.45, 2.75) is 6.92 Å². The van der Waals surface area contributed by atoms with Crippen LogP contribution in [0.5, 0.6) is 5.75 Å². The molecular formula is C24H19FN2O3. The van der Waals surface area contributed by atoms with Crippen molar-refractivity contribution >= 4 is 28.8 Å². The highest BCUT2D eigenvalue weighted by molar-refractivity contribution is 6.46. The van der Waals surface area contributed by atoms with Crippen LogP contribution in [0.2, 0.25) is 0 Å². The Kier molecular flexibility index (Phi) is 5.30. The maximum Gasteiger partial charge on any atom is 0.282 e. The summed E-state index contributed by atoms with van der Waals surface area (Å²) >= 11 is 0. The molecule has 0 bridgehead atoms. The van der Waals surface area contributed by atoms with Crippen molar-refractivity contribution in [3.63, 3.8) is 0 Å². The second kappa shape index (κ2) is 8.21. The predicted octanol–water partition coefficient (Wildman–Crippen LogP) is 4.62. The van der Waals surface area contributed by atoms with E-state index in [-0.39, 0.29) is 11.3 Å². The van der Waals surface area contributed by atoms with Gasteiger partial charge in [-0.15, -0.1) is 0 Å². The van der Waals surface area contributed by atoms with Gasteiger partial charge in [0.1, 0.15) is 17.3 Å². The first-order valence-electron chi connectivity index (χ1n) is 9.52. The largest absolute Gasteiger partial charge is 0.494 e. The average molecular weight is 402 g/mol. The fraction of sp³-hybridized carbons (Fsp3) is 0.0833. The third-order valence-electron chi connectivity index (χ3n) is 4.65. The summed E-state index contributed by atoms with van der Waals surface area (Å²) in [7, 11) is 0. The van der Waals surface area contributed by atoms with Gasteiger partial charge >= 0.3 is 0 Å². The topological polar surface area (TPSA) is 58.6 Å². The smallest absolute Gasteiger partial charge is 0.282 e. The standard InChI is InChI=1S/C24H19FN2O3/c1-2-30-20-10-6-9-18(15-20)26-22-21(16-7-4-3-5-8-16)23(28)27(24(22)29)19-13-11-17(25)12-14-19/h3-15,26H,2H2,1H3. The van der Waals surface area contributed by atoms with Crippen LogP contribution in [0.3, 0.4) is 0 Å². The molecule has 0 aliphatic carbocycles. The summed E-state index contributed by atoms with van der Waals surface area (Å²) < 4.78 is 18.9. The predicted molar refractivity (Wildman–Crippen MR) is 113 cm³/mol. The molecule has 30 heavy (non-hydrogen) atoms. The van der Waals surface area contributed by atoms with Gasteiger partial charge in [-0.3, -0.25) is 9.59 Å². The van der Waals surface area contributed by atoms with E-state index >= 15 is 0 Å². The number of nitrogens with one attached hydrogen (secondary N) is 1. The summed E-state index contributed by atoms with van der Waals surface area (Å²) in [5.74, 6) is -0.773. The molecule has 5 nitrogen and oxygen atoms in total. The summed E-state index contributed by atoms with van der Waals surface area (Å²) in [4.78, 5) is 27.6. The Morgan fingerprint density at radius 1 is 0.900 bits per heavy atom. The number of benzene rings is 3. The second-order valence-electron chi connectivity index (χ2n) is 6.62. The molecule has 1 heterocycles. The van der Waals surface area contributed by atoms with Gasteiger partial charge in [-0.05, 0) is 48.9 Å². The Hall–Kier alpha value is -3.93. The minimum atomic E-state index is -0.507. The van der Waals surface area contributed by atoms with E-state index in [4.69, 9.17) is 4.74 Å². The third-order valence-corrected chi connectivity index (χ3v) is 4.65. The van der Waals surface area contributed by atoms with Crippen LogP contribution in [-0.4, -0.2) is 18.4 Å². The molecular weight excluding hydrogens is 383 g/mol. The number of ether oxygens (including phenoxy) is 1. The number of halogens is 1. The third kappa shape index (κ3) is 3.67. The number of nitrogens with zero attached hydrogens (tertiary/aromatic N) is 1. The van der Waals surface area contributed by atoms with E-state index in [2.05, 4.69) is 5.32 Å². The van der Waals surface area contributed by atoms with Crippen LogP contribution >= 0.6 is 0 Å². The molecule has 150 valence electrons. The quantitative estimate of drug-likeness (QED) is 0.611. The van der Waals surface area contributed by atoms with Crippen molar-refractivity contribution in [1.82, 2.24) is 0 Å². The second-order valence-corrected chi connectivity index (χ2v) is 6.62. The summed E-state index contributed by atoms with van der Waals surface area (Å²) in [5, 5.41) is 3.09. The number of amides is 2. The first kappa shape index (κ1) is 19.4. The lowest BCUT2D eigenvalue weighted by molar-refractivity contribution is -0.120. The van der Waals surface area contributed by atoms with Gasteiger partial charge < -0.3 is 10.1 Å². The van der Waals surface area contributed by atoms with Gasteiger partial charge in [0.15, 0.2) is 0 Å². The van der Waals surface area contributed by atoms with E-state index < -0.39 is 17.6 Å². The van der Waals surface area contributed by atoms with Crippen LogP contribution in [0.4, 0.5) is 15.8 Å². The molecule has 3 aromatic rings. The summed E-state index contributed by atoms with van der Waals surface area (Å²) in [6.07, 6.45) is 0. The van der Waals surface area contributed by atoms with Gasteiger partial charge in [0.25, 0.3) is 11.8 Å². The molecule has 6 heteroatoms. The first-order valence-corrected chi connectivity index (χ1v) is 9.52. The normalized spacial score (nSPS) is 13.7. The molecule has 0 spiro atoms. The molecule has 2 amide bonds. The minimum absolute atomic E-state index is 0.157. The van der Waals surface area contributed by atoms with E-state index in [9.17, 15) is 14.0 Å². The molecule has 0 radical (unpaired) electrons. The molecule has 0 unspecified atom stereocenters. The van der Waals surface area contributed by atoms with E-state index in [0.717, 1.165) is 4.90 Å². The van der Waals surface area contributed by atoms with Crippen LogP contribution in [0.1, 0.15) is 12.5 Å². The zero-order chi connectivity index (χ0) is 21.1. The van der Waals surface area contributed by atoms with E-state index in [1.807, 2.05) is 19.1 Å². The number of rotatable bonds is 6. The highest BCUT2D eigenvalue weighted by Gasteiger charge is 2.40. The zero-order valence-electron chi connectivity index (χ0n) is 16.3. The van der Waals surface area contributed by atoms with Gasteiger partial charge in [0.2, 0.25) is 0 Å². The Morgan fingerprint density at radius 3 is 2.33 bits per heavy atom. The lowest BCUT2D eigenvalue weighted by Gasteiger charge is -2.15. The van der Waals surface area contributed by atoms with E-state index in [0.29, 0.717) is 29.3 Å². The van der Waals surface area contributed by atoms with E-state index in [1.54, 1.807) is 42.5 Å². The fourth-order valence-corrected chi connectivity index (χ4v) is 3.32. The van der Waals surface area contributed by atoms with Crippen molar-refractivity contribution in [3.05, 3.63) is 95.9 Å². The first-order chi connectivity index (χ1) is 14.6. The van der Waals surface area contributed by atoms with Crippen LogP contribution < -0.4 is 15.0 Å². The highest BCUT2D eigenvalue weighted by Crippen LogP contribution is 2.34. The van der Waals surface area contributed by atoms with Gasteiger partial charge in [-0.2, -0.15) is 0 Å². The van der Waals surface area contributed by atoms with Crippen LogP contribution in [0, 0.1) is 5.82 Å².